The van der Waals surface area contributed by atoms with Gasteiger partial charge in [-0.2, -0.15) is 0 Å². The molecule has 0 bridgehead atoms. The van der Waals surface area contributed by atoms with Crippen LogP contribution in [0.15, 0.2) is 42.6 Å². The van der Waals surface area contributed by atoms with Crippen molar-refractivity contribution >= 4 is 5.69 Å². The molecule has 1 aromatic carbocycles. The molecule has 3 nitrogen and oxygen atoms in total. The Morgan fingerprint density at radius 3 is 2.53 bits per heavy atom. The van der Waals surface area contributed by atoms with Crippen LogP contribution in [-0.2, 0) is 6.54 Å². The number of rotatable bonds is 4. The Morgan fingerprint density at radius 1 is 1.18 bits per heavy atom. The summed E-state index contributed by atoms with van der Waals surface area (Å²) in [5.74, 6) is 0.359. The smallest absolute Gasteiger partial charge is 0.212 e. The fraction of sp³-hybridized carbons (Fsp3) is 0.154. The maximum atomic E-state index is 12.7. The normalized spacial score (nSPS) is 10.0. The van der Waals surface area contributed by atoms with Gasteiger partial charge in [-0.1, -0.05) is 6.07 Å². The first kappa shape index (κ1) is 11.4. The summed E-state index contributed by atoms with van der Waals surface area (Å²) in [6.45, 7) is 0.641. The molecule has 0 fully saturated rings. The van der Waals surface area contributed by atoms with E-state index in [2.05, 4.69) is 10.3 Å². The fourth-order valence-corrected chi connectivity index (χ4v) is 1.41. The second-order valence-corrected chi connectivity index (χ2v) is 3.57. The van der Waals surface area contributed by atoms with Gasteiger partial charge in [-0.15, -0.1) is 0 Å². The highest BCUT2D eigenvalue weighted by molar-refractivity contribution is 5.43. The molecule has 0 atom stereocenters. The lowest BCUT2D eigenvalue weighted by molar-refractivity contribution is 0.397. The molecule has 17 heavy (non-hydrogen) atoms. The Labute approximate surface area is 99.3 Å². The minimum absolute atomic E-state index is 0.235. The van der Waals surface area contributed by atoms with Gasteiger partial charge in [-0.25, -0.2) is 9.37 Å². The number of hydrogen-bond donors (Lipinski definition) is 1. The Bertz CT molecular complexity index is 468. The summed E-state index contributed by atoms with van der Waals surface area (Å²) >= 11 is 0. The van der Waals surface area contributed by atoms with E-state index in [1.807, 2.05) is 12.1 Å². The largest absolute Gasteiger partial charge is 0.481 e. The number of nitrogens with one attached hydrogen (secondary N) is 1. The van der Waals surface area contributed by atoms with Crippen molar-refractivity contribution in [3.8, 4) is 5.88 Å². The number of methoxy groups -OCH3 is 1. The SMILES string of the molecule is COc1ccc(CNc2ccc(F)cc2)cn1. The first-order valence-corrected chi connectivity index (χ1v) is 5.26. The number of nitrogens with zero attached hydrogens (tertiary/aromatic N) is 1. The van der Waals surface area contributed by atoms with Crippen LogP contribution in [0.25, 0.3) is 0 Å². The summed E-state index contributed by atoms with van der Waals surface area (Å²) in [4.78, 5) is 4.10. The van der Waals surface area contributed by atoms with Crippen LogP contribution in [0.3, 0.4) is 0 Å². The van der Waals surface area contributed by atoms with E-state index in [0.717, 1.165) is 11.3 Å². The van der Waals surface area contributed by atoms with Crippen LogP contribution >= 0.6 is 0 Å². The first-order chi connectivity index (χ1) is 8.28. The number of anilines is 1. The minimum atomic E-state index is -0.235. The molecular formula is C13H13FN2O. The Morgan fingerprint density at radius 2 is 1.94 bits per heavy atom. The van der Waals surface area contributed by atoms with Crippen LogP contribution in [0.5, 0.6) is 5.88 Å². The van der Waals surface area contributed by atoms with Gasteiger partial charge in [-0.05, 0) is 29.8 Å². The third-order valence-corrected chi connectivity index (χ3v) is 2.35. The number of aromatic nitrogens is 1. The standard InChI is InChI=1S/C13H13FN2O/c1-17-13-7-2-10(9-16-13)8-15-12-5-3-11(14)4-6-12/h2-7,9,15H,8H2,1H3. The number of halogens is 1. The zero-order valence-electron chi connectivity index (χ0n) is 9.48. The maximum absolute atomic E-state index is 12.7. The van der Waals surface area contributed by atoms with Gasteiger partial charge in [0.2, 0.25) is 5.88 Å². The van der Waals surface area contributed by atoms with Crippen molar-refractivity contribution in [1.29, 1.82) is 0 Å². The molecule has 2 aromatic rings. The predicted octanol–water partition coefficient (Wildman–Crippen LogP) is 2.84. The molecular weight excluding hydrogens is 219 g/mol. The van der Waals surface area contributed by atoms with Crippen molar-refractivity contribution in [1.82, 2.24) is 4.98 Å². The lowest BCUT2D eigenvalue weighted by Crippen LogP contribution is -2.00. The molecule has 4 heteroatoms. The van der Waals surface area contributed by atoms with Gasteiger partial charge in [0.05, 0.1) is 7.11 Å². The van der Waals surface area contributed by atoms with Crippen LogP contribution < -0.4 is 10.1 Å². The zero-order chi connectivity index (χ0) is 12.1. The van der Waals surface area contributed by atoms with Crippen LogP contribution in [0.4, 0.5) is 10.1 Å². The third-order valence-electron chi connectivity index (χ3n) is 2.35. The summed E-state index contributed by atoms with van der Waals surface area (Å²) in [6.07, 6.45) is 1.75. The summed E-state index contributed by atoms with van der Waals surface area (Å²) < 4.78 is 17.7. The second kappa shape index (κ2) is 5.30. The van der Waals surface area contributed by atoms with Crippen LogP contribution in [0.1, 0.15) is 5.56 Å². The molecule has 0 saturated heterocycles. The molecule has 0 amide bonds. The third kappa shape index (κ3) is 3.17. The van der Waals surface area contributed by atoms with E-state index in [-0.39, 0.29) is 5.82 Å². The minimum Gasteiger partial charge on any atom is -0.481 e. The van der Waals surface area contributed by atoms with Gasteiger partial charge in [0, 0.05) is 24.5 Å². The van der Waals surface area contributed by atoms with Gasteiger partial charge in [0.25, 0.3) is 0 Å². The van der Waals surface area contributed by atoms with E-state index in [9.17, 15) is 4.39 Å². The summed E-state index contributed by atoms with van der Waals surface area (Å²) in [5, 5.41) is 3.18. The maximum Gasteiger partial charge on any atom is 0.212 e. The predicted molar refractivity (Wildman–Crippen MR) is 64.5 cm³/mol. The summed E-state index contributed by atoms with van der Waals surface area (Å²) in [6, 6.07) is 9.99. The van der Waals surface area contributed by atoms with E-state index < -0.39 is 0 Å². The van der Waals surface area contributed by atoms with E-state index >= 15 is 0 Å². The highest BCUT2D eigenvalue weighted by Crippen LogP contribution is 2.11. The molecule has 0 spiro atoms. The van der Waals surface area contributed by atoms with Gasteiger partial charge in [0.1, 0.15) is 5.82 Å². The number of pyridine rings is 1. The topological polar surface area (TPSA) is 34.1 Å². The van der Waals surface area contributed by atoms with E-state index in [1.54, 1.807) is 25.4 Å². The fourth-order valence-electron chi connectivity index (χ4n) is 1.41. The lowest BCUT2D eigenvalue weighted by Gasteiger charge is -2.06. The van der Waals surface area contributed by atoms with Crippen molar-refractivity contribution in [3.05, 3.63) is 54.0 Å². The molecule has 1 heterocycles. The Hall–Kier alpha value is -2.10. The van der Waals surface area contributed by atoms with Gasteiger partial charge >= 0.3 is 0 Å². The molecule has 0 saturated carbocycles. The molecule has 2 rings (SSSR count). The average Bonchev–Trinajstić information content (AvgIpc) is 2.39. The quantitative estimate of drug-likeness (QED) is 0.880. The number of benzene rings is 1. The zero-order valence-corrected chi connectivity index (χ0v) is 9.48. The lowest BCUT2D eigenvalue weighted by atomic mass is 10.2. The van der Waals surface area contributed by atoms with Crippen LogP contribution in [0, 0.1) is 5.82 Å². The van der Waals surface area contributed by atoms with Gasteiger partial charge in [0.15, 0.2) is 0 Å². The Balaban J connectivity index is 1.95. The molecule has 0 unspecified atom stereocenters. The highest BCUT2D eigenvalue weighted by Gasteiger charge is 1.96. The van der Waals surface area contributed by atoms with E-state index in [4.69, 9.17) is 4.74 Å². The first-order valence-electron chi connectivity index (χ1n) is 5.26. The molecule has 88 valence electrons. The van der Waals surface area contributed by atoms with Crippen molar-refractivity contribution in [2.24, 2.45) is 0 Å². The number of ether oxygens (including phenoxy) is 1. The number of hydrogen-bond acceptors (Lipinski definition) is 3. The van der Waals surface area contributed by atoms with Crippen LogP contribution in [0.2, 0.25) is 0 Å². The molecule has 1 N–H and O–H groups in total. The summed E-state index contributed by atoms with van der Waals surface area (Å²) in [7, 11) is 1.58. The van der Waals surface area contributed by atoms with E-state index in [1.165, 1.54) is 12.1 Å². The average molecular weight is 232 g/mol. The summed E-state index contributed by atoms with van der Waals surface area (Å²) in [5.41, 5.74) is 1.91. The van der Waals surface area contributed by atoms with Crippen molar-refractivity contribution in [2.45, 2.75) is 6.54 Å². The Kier molecular flexibility index (Phi) is 3.55. The van der Waals surface area contributed by atoms with Crippen molar-refractivity contribution < 1.29 is 9.13 Å². The van der Waals surface area contributed by atoms with Crippen molar-refractivity contribution in [3.63, 3.8) is 0 Å². The van der Waals surface area contributed by atoms with Gasteiger partial charge < -0.3 is 10.1 Å². The van der Waals surface area contributed by atoms with Crippen molar-refractivity contribution in [2.75, 3.05) is 12.4 Å². The molecule has 1 aromatic heterocycles. The molecule has 0 aliphatic rings. The van der Waals surface area contributed by atoms with Crippen LogP contribution in [-0.4, -0.2) is 12.1 Å². The molecule has 0 radical (unpaired) electrons. The molecule has 0 aliphatic heterocycles. The van der Waals surface area contributed by atoms with Gasteiger partial charge in [-0.3, -0.25) is 0 Å². The highest BCUT2D eigenvalue weighted by atomic mass is 19.1. The van der Waals surface area contributed by atoms with E-state index in [0.29, 0.717) is 12.4 Å². The second-order valence-electron chi connectivity index (χ2n) is 3.57. The monoisotopic (exact) mass is 232 g/mol. The molecule has 0 aliphatic carbocycles.